The summed E-state index contributed by atoms with van der Waals surface area (Å²) in [5.74, 6) is 0.883. The Morgan fingerprint density at radius 2 is 1.67 bits per heavy atom. The standard InChI is InChI=1S/C15H19NO2/c1-11(13-4-6-15(17-3)7-5-13)16-12(2)14-8-9-18-10-14/h4-12,16H,1-3H3/t11-,12?/m0/s1. The first kappa shape index (κ1) is 12.7. The highest BCUT2D eigenvalue weighted by atomic mass is 16.5. The van der Waals surface area contributed by atoms with Crippen LogP contribution in [0.25, 0.3) is 0 Å². The molecule has 0 saturated carbocycles. The Morgan fingerprint density at radius 1 is 1.00 bits per heavy atom. The van der Waals surface area contributed by atoms with Crippen LogP contribution in [0.1, 0.15) is 37.1 Å². The Hall–Kier alpha value is -1.74. The molecule has 0 aliphatic carbocycles. The first-order valence-electron chi connectivity index (χ1n) is 6.13. The fourth-order valence-corrected chi connectivity index (χ4v) is 1.98. The summed E-state index contributed by atoms with van der Waals surface area (Å²) >= 11 is 0. The second-order valence-corrected chi connectivity index (χ2v) is 4.44. The maximum Gasteiger partial charge on any atom is 0.118 e. The van der Waals surface area contributed by atoms with Gasteiger partial charge in [0, 0.05) is 17.6 Å². The minimum Gasteiger partial charge on any atom is -0.497 e. The van der Waals surface area contributed by atoms with Crippen molar-refractivity contribution in [2.45, 2.75) is 25.9 Å². The molecule has 1 N–H and O–H groups in total. The lowest BCUT2D eigenvalue weighted by molar-refractivity contribution is 0.414. The number of ether oxygens (including phenoxy) is 1. The van der Waals surface area contributed by atoms with Crippen molar-refractivity contribution in [3.8, 4) is 5.75 Å². The number of nitrogens with one attached hydrogen (secondary N) is 1. The van der Waals surface area contributed by atoms with Crippen molar-refractivity contribution in [3.05, 3.63) is 54.0 Å². The van der Waals surface area contributed by atoms with Crippen LogP contribution in [-0.4, -0.2) is 7.11 Å². The Balaban J connectivity index is 2.00. The van der Waals surface area contributed by atoms with Crippen molar-refractivity contribution in [2.24, 2.45) is 0 Å². The van der Waals surface area contributed by atoms with Gasteiger partial charge in [0.05, 0.1) is 19.6 Å². The van der Waals surface area contributed by atoms with Crippen molar-refractivity contribution in [1.29, 1.82) is 0 Å². The second kappa shape index (κ2) is 5.74. The largest absolute Gasteiger partial charge is 0.497 e. The first-order valence-corrected chi connectivity index (χ1v) is 6.13. The predicted octanol–water partition coefficient (Wildman–Crippen LogP) is 3.70. The molecule has 1 unspecified atom stereocenters. The molecule has 1 aromatic heterocycles. The molecule has 3 heteroatoms. The first-order chi connectivity index (χ1) is 8.70. The zero-order chi connectivity index (χ0) is 13.0. The third-order valence-electron chi connectivity index (χ3n) is 3.16. The molecule has 1 heterocycles. The van der Waals surface area contributed by atoms with Crippen molar-refractivity contribution in [1.82, 2.24) is 5.32 Å². The molecule has 0 saturated heterocycles. The SMILES string of the molecule is COc1ccc([C@H](C)NC(C)c2ccoc2)cc1. The van der Waals surface area contributed by atoms with Crippen LogP contribution in [-0.2, 0) is 0 Å². The smallest absolute Gasteiger partial charge is 0.118 e. The Morgan fingerprint density at radius 3 is 2.22 bits per heavy atom. The number of hydrogen-bond donors (Lipinski definition) is 1. The number of rotatable bonds is 5. The molecule has 0 fully saturated rings. The van der Waals surface area contributed by atoms with E-state index in [0.29, 0.717) is 0 Å². The van der Waals surface area contributed by atoms with Gasteiger partial charge in [-0.1, -0.05) is 12.1 Å². The molecule has 2 atom stereocenters. The molecule has 0 aliphatic rings. The van der Waals surface area contributed by atoms with Crippen LogP contribution in [0.4, 0.5) is 0 Å². The van der Waals surface area contributed by atoms with Gasteiger partial charge in [0.25, 0.3) is 0 Å². The number of hydrogen-bond acceptors (Lipinski definition) is 3. The van der Waals surface area contributed by atoms with E-state index in [1.807, 2.05) is 18.2 Å². The molecule has 2 rings (SSSR count). The van der Waals surface area contributed by atoms with Gasteiger partial charge in [-0.15, -0.1) is 0 Å². The Kier molecular flexibility index (Phi) is 4.05. The van der Waals surface area contributed by atoms with Crippen LogP contribution in [0, 0.1) is 0 Å². The lowest BCUT2D eigenvalue weighted by Gasteiger charge is -2.19. The summed E-state index contributed by atoms with van der Waals surface area (Å²) < 4.78 is 10.3. The van der Waals surface area contributed by atoms with Crippen LogP contribution in [0.2, 0.25) is 0 Å². The molecule has 0 spiro atoms. The third-order valence-corrected chi connectivity index (χ3v) is 3.16. The number of methoxy groups -OCH3 is 1. The fourth-order valence-electron chi connectivity index (χ4n) is 1.98. The zero-order valence-electron chi connectivity index (χ0n) is 11.0. The highest BCUT2D eigenvalue weighted by Gasteiger charge is 2.11. The average Bonchev–Trinajstić information content (AvgIpc) is 2.92. The summed E-state index contributed by atoms with van der Waals surface area (Å²) in [4.78, 5) is 0. The predicted molar refractivity (Wildman–Crippen MR) is 71.7 cm³/mol. The van der Waals surface area contributed by atoms with Gasteiger partial charge < -0.3 is 14.5 Å². The summed E-state index contributed by atoms with van der Waals surface area (Å²) in [5.41, 5.74) is 2.40. The van der Waals surface area contributed by atoms with Crippen LogP contribution in [0.5, 0.6) is 5.75 Å². The monoisotopic (exact) mass is 245 g/mol. The van der Waals surface area contributed by atoms with Crippen molar-refractivity contribution in [2.75, 3.05) is 7.11 Å². The van der Waals surface area contributed by atoms with Crippen LogP contribution >= 0.6 is 0 Å². The minimum atomic E-state index is 0.265. The van der Waals surface area contributed by atoms with Crippen LogP contribution in [0.3, 0.4) is 0 Å². The van der Waals surface area contributed by atoms with Gasteiger partial charge in [-0.2, -0.15) is 0 Å². The molecule has 96 valence electrons. The summed E-state index contributed by atoms with van der Waals surface area (Å²) in [6.07, 6.45) is 3.48. The molecule has 3 nitrogen and oxygen atoms in total. The van der Waals surface area contributed by atoms with E-state index in [1.54, 1.807) is 19.6 Å². The summed E-state index contributed by atoms with van der Waals surface area (Å²) in [5, 5.41) is 3.54. The molecule has 0 aliphatic heterocycles. The summed E-state index contributed by atoms with van der Waals surface area (Å²) in [7, 11) is 1.68. The minimum absolute atomic E-state index is 0.265. The Bertz CT molecular complexity index is 462. The second-order valence-electron chi connectivity index (χ2n) is 4.44. The van der Waals surface area contributed by atoms with E-state index in [2.05, 4.69) is 31.3 Å². The molecular weight excluding hydrogens is 226 g/mol. The van der Waals surface area contributed by atoms with E-state index in [1.165, 1.54) is 5.56 Å². The molecule has 18 heavy (non-hydrogen) atoms. The number of benzene rings is 1. The molecular formula is C15H19NO2. The van der Waals surface area contributed by atoms with Gasteiger partial charge in [-0.3, -0.25) is 0 Å². The summed E-state index contributed by atoms with van der Waals surface area (Å²) in [6.45, 7) is 4.28. The van der Waals surface area contributed by atoms with Crippen LogP contribution in [0.15, 0.2) is 47.3 Å². The Labute approximate surface area is 108 Å². The maximum absolute atomic E-state index is 5.16. The molecule has 0 amide bonds. The average molecular weight is 245 g/mol. The lowest BCUT2D eigenvalue weighted by atomic mass is 10.1. The fraction of sp³-hybridized carbons (Fsp3) is 0.333. The van der Waals surface area contributed by atoms with Crippen molar-refractivity contribution < 1.29 is 9.15 Å². The highest BCUT2D eigenvalue weighted by molar-refractivity contribution is 5.29. The maximum atomic E-state index is 5.16. The lowest BCUT2D eigenvalue weighted by Crippen LogP contribution is -2.22. The van der Waals surface area contributed by atoms with E-state index < -0.39 is 0 Å². The van der Waals surface area contributed by atoms with Gasteiger partial charge >= 0.3 is 0 Å². The van der Waals surface area contributed by atoms with Crippen molar-refractivity contribution in [3.63, 3.8) is 0 Å². The van der Waals surface area contributed by atoms with Gasteiger partial charge in [0.1, 0.15) is 5.75 Å². The van der Waals surface area contributed by atoms with E-state index in [4.69, 9.17) is 9.15 Å². The normalized spacial score (nSPS) is 14.2. The quantitative estimate of drug-likeness (QED) is 0.872. The van der Waals surface area contributed by atoms with Crippen LogP contribution < -0.4 is 10.1 Å². The molecule has 0 bridgehead atoms. The van der Waals surface area contributed by atoms with Gasteiger partial charge in [-0.05, 0) is 37.6 Å². The molecule has 2 aromatic rings. The third kappa shape index (κ3) is 2.93. The van der Waals surface area contributed by atoms with Crippen molar-refractivity contribution >= 4 is 0 Å². The van der Waals surface area contributed by atoms with E-state index >= 15 is 0 Å². The highest BCUT2D eigenvalue weighted by Crippen LogP contribution is 2.21. The molecule has 1 aromatic carbocycles. The topological polar surface area (TPSA) is 34.4 Å². The van der Waals surface area contributed by atoms with Gasteiger partial charge in [0.2, 0.25) is 0 Å². The van der Waals surface area contributed by atoms with E-state index in [0.717, 1.165) is 11.3 Å². The zero-order valence-corrected chi connectivity index (χ0v) is 11.0. The van der Waals surface area contributed by atoms with E-state index in [9.17, 15) is 0 Å². The van der Waals surface area contributed by atoms with Gasteiger partial charge in [-0.25, -0.2) is 0 Å². The number of furan rings is 1. The molecule has 0 radical (unpaired) electrons. The van der Waals surface area contributed by atoms with Gasteiger partial charge in [0.15, 0.2) is 0 Å². The van der Waals surface area contributed by atoms with E-state index in [-0.39, 0.29) is 12.1 Å². The summed E-state index contributed by atoms with van der Waals surface area (Å²) in [6, 6.07) is 10.7.